The zero-order chi connectivity index (χ0) is 20.4. The Hall–Kier alpha value is -2.94. The number of rotatable bonds is 5. The number of fused-ring (bicyclic) bond motifs is 1. The highest BCUT2D eigenvalue weighted by atomic mass is 32.2. The van der Waals surface area contributed by atoms with Gasteiger partial charge in [-0.3, -0.25) is 9.52 Å². The van der Waals surface area contributed by atoms with E-state index in [-0.39, 0.29) is 10.8 Å². The van der Waals surface area contributed by atoms with E-state index in [1.54, 1.807) is 29.2 Å². The molecule has 1 fully saturated rings. The van der Waals surface area contributed by atoms with E-state index in [1.165, 1.54) is 19.2 Å². The van der Waals surface area contributed by atoms with Crippen LogP contribution in [0.25, 0.3) is 0 Å². The molecule has 0 spiro atoms. The molecule has 2 aromatic rings. The van der Waals surface area contributed by atoms with Crippen molar-refractivity contribution >= 4 is 27.3 Å². The number of carbonyl (C=O) groups is 1. The maximum atomic E-state index is 12.9. The minimum absolute atomic E-state index is 0.00129. The Bertz CT molecular complexity index is 1040. The van der Waals surface area contributed by atoms with Gasteiger partial charge in [0.1, 0.15) is 19.0 Å². The van der Waals surface area contributed by atoms with Gasteiger partial charge in [0, 0.05) is 19.0 Å². The standard InChI is InChI=1S/C20H22N2O6S/c1-26-17-7-5-14(12-16(17)22-9-3-2-4-20(22)23)21-29(24,25)15-6-8-18-19(13-15)28-11-10-27-18/h5-8,12-13,21H,2-4,9-11H2,1H3. The fourth-order valence-corrected chi connectivity index (χ4v) is 4.49. The van der Waals surface area contributed by atoms with E-state index >= 15 is 0 Å². The summed E-state index contributed by atoms with van der Waals surface area (Å²) in [6, 6.07) is 9.36. The number of amides is 1. The fourth-order valence-electron chi connectivity index (χ4n) is 3.43. The molecule has 1 saturated heterocycles. The van der Waals surface area contributed by atoms with Crippen LogP contribution in [0.4, 0.5) is 11.4 Å². The predicted octanol–water partition coefficient (Wildman–Crippen LogP) is 2.78. The van der Waals surface area contributed by atoms with Crippen molar-refractivity contribution in [1.82, 2.24) is 0 Å². The average molecular weight is 418 g/mol. The van der Waals surface area contributed by atoms with Gasteiger partial charge in [0.05, 0.1) is 23.4 Å². The third-order valence-electron chi connectivity index (χ3n) is 4.87. The van der Waals surface area contributed by atoms with Crippen LogP contribution < -0.4 is 23.8 Å². The van der Waals surface area contributed by atoms with Gasteiger partial charge in [-0.1, -0.05) is 0 Å². The van der Waals surface area contributed by atoms with Gasteiger partial charge in [-0.25, -0.2) is 8.42 Å². The van der Waals surface area contributed by atoms with Crippen LogP contribution in [0.3, 0.4) is 0 Å². The number of nitrogens with one attached hydrogen (secondary N) is 1. The van der Waals surface area contributed by atoms with Crippen molar-refractivity contribution in [2.24, 2.45) is 0 Å². The lowest BCUT2D eigenvalue weighted by atomic mass is 10.1. The number of methoxy groups -OCH3 is 1. The van der Waals surface area contributed by atoms with Gasteiger partial charge in [-0.15, -0.1) is 0 Å². The molecular formula is C20H22N2O6S. The second kappa shape index (κ2) is 7.82. The van der Waals surface area contributed by atoms with Gasteiger partial charge in [-0.2, -0.15) is 0 Å². The maximum Gasteiger partial charge on any atom is 0.262 e. The van der Waals surface area contributed by atoms with Crippen molar-refractivity contribution in [2.45, 2.75) is 24.2 Å². The van der Waals surface area contributed by atoms with E-state index in [1.807, 2.05) is 0 Å². The van der Waals surface area contributed by atoms with Crippen molar-refractivity contribution in [1.29, 1.82) is 0 Å². The van der Waals surface area contributed by atoms with Crippen LogP contribution in [0.5, 0.6) is 17.2 Å². The number of piperidine rings is 1. The van der Waals surface area contributed by atoms with Crippen molar-refractivity contribution in [3.63, 3.8) is 0 Å². The zero-order valence-corrected chi connectivity index (χ0v) is 16.8. The molecule has 0 aromatic heterocycles. The Morgan fingerprint density at radius 3 is 2.59 bits per heavy atom. The molecule has 2 aliphatic heterocycles. The summed E-state index contributed by atoms with van der Waals surface area (Å²) in [5.41, 5.74) is 0.897. The van der Waals surface area contributed by atoms with Gasteiger partial charge in [-0.05, 0) is 43.2 Å². The molecule has 2 aliphatic rings. The van der Waals surface area contributed by atoms with Crippen molar-refractivity contribution in [2.75, 3.05) is 36.5 Å². The van der Waals surface area contributed by atoms with Gasteiger partial charge in [0.25, 0.3) is 10.0 Å². The number of sulfonamides is 1. The van der Waals surface area contributed by atoms with Crippen LogP contribution in [-0.4, -0.2) is 41.2 Å². The Morgan fingerprint density at radius 1 is 1.03 bits per heavy atom. The van der Waals surface area contributed by atoms with Crippen LogP contribution in [0.15, 0.2) is 41.3 Å². The normalized spacial score (nSPS) is 16.4. The first-order valence-corrected chi connectivity index (χ1v) is 10.9. The quantitative estimate of drug-likeness (QED) is 0.803. The van der Waals surface area contributed by atoms with E-state index < -0.39 is 10.0 Å². The summed E-state index contributed by atoms with van der Waals surface area (Å²) >= 11 is 0. The van der Waals surface area contributed by atoms with E-state index in [9.17, 15) is 13.2 Å². The van der Waals surface area contributed by atoms with Gasteiger partial charge < -0.3 is 19.1 Å². The first-order chi connectivity index (χ1) is 14.0. The molecule has 29 heavy (non-hydrogen) atoms. The van der Waals surface area contributed by atoms with Crippen LogP contribution >= 0.6 is 0 Å². The minimum Gasteiger partial charge on any atom is -0.495 e. The molecule has 8 nitrogen and oxygen atoms in total. The largest absolute Gasteiger partial charge is 0.495 e. The third-order valence-corrected chi connectivity index (χ3v) is 6.25. The summed E-state index contributed by atoms with van der Waals surface area (Å²) < 4.78 is 44.6. The van der Waals surface area contributed by atoms with Gasteiger partial charge in [0.15, 0.2) is 11.5 Å². The first-order valence-electron chi connectivity index (χ1n) is 9.39. The second-order valence-electron chi connectivity index (χ2n) is 6.80. The van der Waals surface area contributed by atoms with Crippen LogP contribution in [0.2, 0.25) is 0 Å². The molecule has 0 aliphatic carbocycles. The number of benzene rings is 2. The number of nitrogens with zero attached hydrogens (tertiary/aromatic N) is 1. The molecule has 2 aromatic carbocycles. The zero-order valence-electron chi connectivity index (χ0n) is 16.0. The number of ether oxygens (including phenoxy) is 3. The van der Waals surface area contributed by atoms with Crippen LogP contribution in [0.1, 0.15) is 19.3 Å². The fraction of sp³-hybridized carbons (Fsp3) is 0.350. The average Bonchev–Trinajstić information content (AvgIpc) is 2.73. The summed E-state index contributed by atoms with van der Waals surface area (Å²) in [6.07, 6.45) is 2.21. The van der Waals surface area contributed by atoms with Crippen LogP contribution in [0, 0.1) is 0 Å². The number of hydrogen-bond acceptors (Lipinski definition) is 6. The first kappa shape index (κ1) is 19.4. The molecule has 0 unspecified atom stereocenters. The highest BCUT2D eigenvalue weighted by Crippen LogP contribution is 2.36. The lowest BCUT2D eigenvalue weighted by Gasteiger charge is -2.28. The Kier molecular flexibility index (Phi) is 5.23. The molecule has 9 heteroatoms. The molecule has 1 N–H and O–H groups in total. The van der Waals surface area contributed by atoms with E-state index in [2.05, 4.69) is 4.72 Å². The van der Waals surface area contributed by atoms with Crippen LogP contribution in [-0.2, 0) is 14.8 Å². The number of anilines is 2. The molecule has 0 radical (unpaired) electrons. The summed E-state index contributed by atoms with van der Waals surface area (Å²) in [6.45, 7) is 1.38. The summed E-state index contributed by atoms with van der Waals surface area (Å²) in [5.74, 6) is 1.43. The van der Waals surface area contributed by atoms with E-state index in [0.29, 0.717) is 54.8 Å². The van der Waals surface area contributed by atoms with Crippen molar-refractivity contribution < 1.29 is 27.4 Å². The minimum atomic E-state index is -3.86. The van der Waals surface area contributed by atoms with E-state index in [0.717, 1.165) is 12.8 Å². The highest BCUT2D eigenvalue weighted by Gasteiger charge is 2.24. The van der Waals surface area contributed by atoms with Gasteiger partial charge >= 0.3 is 0 Å². The molecule has 0 atom stereocenters. The summed E-state index contributed by atoms with van der Waals surface area (Å²) in [7, 11) is -2.34. The molecule has 4 rings (SSSR count). The van der Waals surface area contributed by atoms with Crippen molar-refractivity contribution in [3.8, 4) is 17.2 Å². The SMILES string of the molecule is COc1ccc(NS(=O)(=O)c2ccc3c(c2)OCCO3)cc1N1CCCCC1=O. The van der Waals surface area contributed by atoms with E-state index in [4.69, 9.17) is 14.2 Å². The lowest BCUT2D eigenvalue weighted by Crippen LogP contribution is -2.35. The van der Waals surface area contributed by atoms with Crippen molar-refractivity contribution in [3.05, 3.63) is 36.4 Å². The topological polar surface area (TPSA) is 94.2 Å². The second-order valence-corrected chi connectivity index (χ2v) is 8.48. The monoisotopic (exact) mass is 418 g/mol. The Balaban J connectivity index is 1.63. The summed E-state index contributed by atoms with van der Waals surface area (Å²) in [4.78, 5) is 14.0. The molecule has 1 amide bonds. The Labute approximate surface area is 169 Å². The Morgan fingerprint density at radius 2 is 1.83 bits per heavy atom. The molecular weight excluding hydrogens is 396 g/mol. The van der Waals surface area contributed by atoms with Gasteiger partial charge in [0.2, 0.25) is 5.91 Å². The smallest absolute Gasteiger partial charge is 0.262 e. The molecule has 154 valence electrons. The highest BCUT2D eigenvalue weighted by molar-refractivity contribution is 7.92. The predicted molar refractivity (Wildman–Crippen MR) is 107 cm³/mol. The lowest BCUT2D eigenvalue weighted by molar-refractivity contribution is -0.119. The molecule has 0 saturated carbocycles. The molecule has 0 bridgehead atoms. The third kappa shape index (κ3) is 3.95. The summed E-state index contributed by atoms with van der Waals surface area (Å²) in [5, 5.41) is 0. The number of carbonyl (C=O) groups excluding carboxylic acids is 1. The maximum absolute atomic E-state index is 12.9. The molecule has 2 heterocycles. The number of hydrogen-bond donors (Lipinski definition) is 1.